The topological polar surface area (TPSA) is 64.7 Å². The van der Waals surface area contributed by atoms with Gasteiger partial charge in [0.2, 0.25) is 0 Å². The van der Waals surface area contributed by atoms with Crippen LogP contribution in [0, 0.1) is 6.92 Å². The van der Waals surface area contributed by atoms with Gasteiger partial charge in [0.15, 0.2) is 0 Å². The summed E-state index contributed by atoms with van der Waals surface area (Å²) in [5.74, 6) is -0.0975. The van der Waals surface area contributed by atoms with Crippen LogP contribution in [0.15, 0.2) is 18.2 Å². The second-order valence-corrected chi connectivity index (χ2v) is 7.08. The third-order valence-electron chi connectivity index (χ3n) is 4.58. The number of hydrogen-bond acceptors (Lipinski definition) is 3. The Labute approximate surface area is 163 Å². The lowest BCUT2D eigenvalue weighted by Crippen LogP contribution is -2.35. The van der Waals surface area contributed by atoms with Crippen molar-refractivity contribution >= 4 is 17.6 Å². The van der Waals surface area contributed by atoms with Gasteiger partial charge < -0.3 is 15.5 Å². The number of aryl methyl sites for hydroxylation is 1. The molecule has 0 radical (unpaired) electrons. The fourth-order valence-electron chi connectivity index (χ4n) is 3.24. The molecule has 0 unspecified atom stereocenters. The monoisotopic (exact) mass is 400 g/mol. The zero-order valence-electron chi connectivity index (χ0n) is 16.2. The molecule has 1 fully saturated rings. The molecule has 1 aromatic carbocycles. The number of hydrogen-bond donors (Lipinski definition) is 2. The highest BCUT2D eigenvalue weighted by Gasteiger charge is 2.28. The van der Waals surface area contributed by atoms with Crippen LogP contribution in [0.3, 0.4) is 0 Å². The van der Waals surface area contributed by atoms with Gasteiger partial charge in [0.1, 0.15) is 0 Å². The van der Waals surface area contributed by atoms with Crippen molar-refractivity contribution < 1.29 is 22.8 Å². The van der Waals surface area contributed by atoms with Crippen molar-refractivity contribution in [1.29, 1.82) is 0 Å². The predicted octanol–water partition coefficient (Wildman–Crippen LogP) is 3.24. The van der Waals surface area contributed by atoms with Gasteiger partial charge in [-0.15, -0.1) is 0 Å². The summed E-state index contributed by atoms with van der Waals surface area (Å²) in [7, 11) is 1.39. The summed E-state index contributed by atoms with van der Waals surface area (Å²) in [5.41, 5.74) is 1.69. The van der Waals surface area contributed by atoms with Crippen molar-refractivity contribution in [1.82, 2.24) is 15.1 Å². The molecule has 0 saturated carbocycles. The van der Waals surface area contributed by atoms with Crippen molar-refractivity contribution in [3.05, 3.63) is 29.3 Å². The highest BCUT2D eigenvalue weighted by Crippen LogP contribution is 2.23. The van der Waals surface area contributed by atoms with E-state index in [1.165, 1.54) is 7.05 Å². The first-order valence-electron chi connectivity index (χ1n) is 9.36. The van der Waals surface area contributed by atoms with Crippen LogP contribution in [0.4, 0.5) is 23.7 Å². The van der Waals surface area contributed by atoms with E-state index in [2.05, 4.69) is 10.6 Å². The first kappa shape index (κ1) is 22.0. The average Bonchev–Trinajstić information content (AvgIpc) is 3.11. The maximum atomic E-state index is 12.8. The van der Waals surface area contributed by atoms with Gasteiger partial charge in [-0.1, -0.05) is 12.1 Å². The number of amides is 3. The lowest BCUT2D eigenvalue weighted by molar-refractivity contribution is -0.143. The molecule has 6 nitrogen and oxygen atoms in total. The van der Waals surface area contributed by atoms with Gasteiger partial charge in [-0.3, -0.25) is 9.69 Å². The normalized spacial score (nSPS) is 14.4. The fourth-order valence-corrected chi connectivity index (χ4v) is 3.24. The molecule has 9 heteroatoms. The Morgan fingerprint density at radius 3 is 2.54 bits per heavy atom. The number of nitrogens with one attached hydrogen (secondary N) is 2. The second-order valence-electron chi connectivity index (χ2n) is 7.08. The van der Waals surface area contributed by atoms with Crippen LogP contribution < -0.4 is 10.6 Å². The van der Waals surface area contributed by atoms with Crippen molar-refractivity contribution in [2.45, 2.75) is 32.4 Å². The quantitative estimate of drug-likeness (QED) is 0.691. The molecule has 0 aromatic heterocycles. The van der Waals surface area contributed by atoms with Gasteiger partial charge in [-0.05, 0) is 51.4 Å². The number of carbonyl (C=O) groups is 2. The molecule has 1 aliphatic heterocycles. The Morgan fingerprint density at radius 2 is 1.89 bits per heavy atom. The molecule has 0 atom stereocenters. The molecule has 28 heavy (non-hydrogen) atoms. The first-order chi connectivity index (χ1) is 13.2. The predicted molar refractivity (Wildman–Crippen MR) is 102 cm³/mol. The van der Waals surface area contributed by atoms with Crippen molar-refractivity contribution in [2.75, 3.05) is 45.1 Å². The summed E-state index contributed by atoms with van der Waals surface area (Å²) in [5, 5.41) is 5.31. The molecule has 156 valence electrons. The molecule has 0 aliphatic carbocycles. The summed E-state index contributed by atoms with van der Waals surface area (Å²) < 4.78 is 36.8. The zero-order valence-corrected chi connectivity index (χ0v) is 16.2. The van der Waals surface area contributed by atoms with Gasteiger partial charge in [0, 0.05) is 19.6 Å². The number of nitrogens with zero attached hydrogens (tertiary/aromatic N) is 2. The van der Waals surface area contributed by atoms with E-state index in [9.17, 15) is 22.8 Å². The summed E-state index contributed by atoms with van der Waals surface area (Å²) in [4.78, 5) is 27.9. The van der Waals surface area contributed by atoms with E-state index in [1.807, 2.05) is 13.0 Å². The van der Waals surface area contributed by atoms with E-state index in [0.717, 1.165) is 23.3 Å². The lowest BCUT2D eigenvalue weighted by atomic mass is 10.1. The van der Waals surface area contributed by atoms with E-state index in [0.29, 0.717) is 30.8 Å². The van der Waals surface area contributed by atoms with Gasteiger partial charge in [0.05, 0.1) is 17.8 Å². The largest absolute Gasteiger partial charge is 0.401 e. The molecule has 0 bridgehead atoms. The minimum absolute atomic E-state index is 0.0975. The SMILES string of the molecule is Cc1cccc(NC(=O)NCCCN(C)CC(F)(F)F)c1C(=O)N1CCCC1. The Kier molecular flexibility index (Phi) is 7.68. The van der Waals surface area contributed by atoms with E-state index >= 15 is 0 Å². The highest BCUT2D eigenvalue weighted by molar-refractivity contribution is 6.04. The number of alkyl halides is 3. The summed E-state index contributed by atoms with van der Waals surface area (Å²) in [6, 6.07) is 4.77. The van der Waals surface area contributed by atoms with Crippen LogP contribution in [0.2, 0.25) is 0 Å². The lowest BCUT2D eigenvalue weighted by Gasteiger charge is -2.20. The van der Waals surface area contributed by atoms with Crippen LogP contribution in [0.1, 0.15) is 35.2 Å². The van der Waals surface area contributed by atoms with Crippen LogP contribution in [0.25, 0.3) is 0 Å². The average molecular weight is 400 g/mol. The van der Waals surface area contributed by atoms with Crippen LogP contribution in [-0.2, 0) is 0 Å². The van der Waals surface area contributed by atoms with Crippen molar-refractivity contribution in [2.24, 2.45) is 0 Å². The first-order valence-corrected chi connectivity index (χ1v) is 9.36. The van der Waals surface area contributed by atoms with Crippen LogP contribution in [-0.4, -0.2) is 67.7 Å². The number of urea groups is 1. The van der Waals surface area contributed by atoms with Crippen LogP contribution >= 0.6 is 0 Å². The van der Waals surface area contributed by atoms with E-state index < -0.39 is 18.8 Å². The van der Waals surface area contributed by atoms with Crippen molar-refractivity contribution in [3.63, 3.8) is 0 Å². The van der Waals surface area contributed by atoms with E-state index in [-0.39, 0.29) is 19.0 Å². The number of rotatable bonds is 7. The van der Waals surface area contributed by atoms with Gasteiger partial charge in [-0.25, -0.2) is 4.79 Å². The van der Waals surface area contributed by atoms with Gasteiger partial charge in [-0.2, -0.15) is 13.2 Å². The minimum atomic E-state index is -4.23. The van der Waals surface area contributed by atoms with Crippen molar-refractivity contribution in [3.8, 4) is 0 Å². The Balaban J connectivity index is 1.87. The molecule has 2 rings (SSSR count). The third kappa shape index (κ3) is 6.70. The number of halogens is 3. The molecular weight excluding hydrogens is 373 g/mol. The summed E-state index contributed by atoms with van der Waals surface area (Å²) in [6.45, 7) is 2.71. The van der Waals surface area contributed by atoms with Gasteiger partial charge in [0.25, 0.3) is 5.91 Å². The standard InChI is InChI=1S/C19H27F3N4O2/c1-14-7-5-8-15(16(14)17(27)26-11-3-4-12-26)24-18(28)23-9-6-10-25(2)13-19(20,21)22/h5,7-8H,3-4,6,9-13H2,1-2H3,(H2,23,24,28). The minimum Gasteiger partial charge on any atom is -0.339 e. The fraction of sp³-hybridized carbons (Fsp3) is 0.579. The Morgan fingerprint density at radius 1 is 1.21 bits per heavy atom. The highest BCUT2D eigenvalue weighted by atomic mass is 19.4. The second kappa shape index (κ2) is 9.77. The summed E-state index contributed by atoms with van der Waals surface area (Å²) >= 11 is 0. The molecule has 1 saturated heterocycles. The Hall–Kier alpha value is -2.29. The number of carbonyl (C=O) groups excluding carboxylic acids is 2. The Bertz CT molecular complexity index is 688. The van der Waals surface area contributed by atoms with Gasteiger partial charge >= 0.3 is 12.2 Å². The van der Waals surface area contributed by atoms with E-state index in [4.69, 9.17) is 0 Å². The maximum absolute atomic E-state index is 12.8. The molecule has 2 N–H and O–H groups in total. The molecule has 3 amide bonds. The zero-order chi connectivity index (χ0) is 20.7. The molecule has 0 spiro atoms. The number of benzene rings is 1. The smallest absolute Gasteiger partial charge is 0.339 e. The molecule has 1 heterocycles. The number of anilines is 1. The molecular formula is C19H27F3N4O2. The summed E-state index contributed by atoms with van der Waals surface area (Å²) in [6.07, 6.45) is -1.90. The van der Waals surface area contributed by atoms with E-state index in [1.54, 1.807) is 17.0 Å². The molecule has 1 aromatic rings. The molecule has 1 aliphatic rings. The number of likely N-dealkylation sites (tertiary alicyclic amines) is 1. The van der Waals surface area contributed by atoms with Crippen LogP contribution in [0.5, 0.6) is 0 Å². The maximum Gasteiger partial charge on any atom is 0.401 e. The third-order valence-corrected chi connectivity index (χ3v) is 4.58.